The minimum absolute atomic E-state index is 0.167. The molecule has 1 fully saturated rings. The highest BCUT2D eigenvalue weighted by atomic mass is 16.6. The van der Waals surface area contributed by atoms with E-state index in [-0.39, 0.29) is 12.6 Å². The topological polar surface area (TPSA) is 68.6 Å². The van der Waals surface area contributed by atoms with Gasteiger partial charge in [-0.2, -0.15) is 5.26 Å². The number of allylic oxidation sites excluding steroid dienone is 2. The van der Waals surface area contributed by atoms with Gasteiger partial charge in [0.25, 0.3) is 6.26 Å². The Morgan fingerprint density at radius 1 is 1.08 bits per heavy atom. The maximum Gasteiger partial charge on any atom is 0.305 e. The first-order valence-electron chi connectivity index (χ1n) is 8.82. The van der Waals surface area contributed by atoms with Crippen LogP contribution in [0.4, 0.5) is 0 Å². The fourth-order valence-corrected chi connectivity index (χ4v) is 2.50. The van der Waals surface area contributed by atoms with Crippen LogP contribution in [-0.2, 0) is 19.0 Å². The number of nitriles is 1. The van der Waals surface area contributed by atoms with E-state index >= 15 is 0 Å². The van der Waals surface area contributed by atoms with Gasteiger partial charge in [0, 0.05) is 6.42 Å². The third-order valence-corrected chi connectivity index (χ3v) is 3.95. The first kappa shape index (κ1) is 20.1. The Morgan fingerprint density at radius 3 is 2.38 bits per heavy atom. The molecule has 0 aromatic heterocycles. The summed E-state index contributed by atoms with van der Waals surface area (Å²) in [6.07, 6.45) is 10.3. The molecule has 1 aliphatic rings. The Balaban J connectivity index is 1.98. The molecule has 24 heavy (non-hydrogen) atoms. The van der Waals surface area contributed by atoms with Crippen LogP contribution in [0.5, 0.6) is 0 Å². The molecular weight excluding hydrogens is 306 g/mol. The quantitative estimate of drug-likeness (QED) is 0.216. The van der Waals surface area contributed by atoms with Gasteiger partial charge in [0.2, 0.25) is 0 Å². The molecule has 0 heterocycles. The molecule has 0 amide bonds. The molecule has 0 aromatic rings. The van der Waals surface area contributed by atoms with E-state index in [9.17, 15) is 4.79 Å². The van der Waals surface area contributed by atoms with E-state index in [1.54, 1.807) is 6.26 Å². The summed E-state index contributed by atoms with van der Waals surface area (Å²) in [6, 6.07) is 0. The summed E-state index contributed by atoms with van der Waals surface area (Å²) >= 11 is 0. The molecule has 5 nitrogen and oxygen atoms in total. The molecule has 0 unspecified atom stereocenters. The maximum absolute atomic E-state index is 11.6. The molecular formula is C19H29NO4. The van der Waals surface area contributed by atoms with Gasteiger partial charge in [-0.15, -0.1) is 0 Å². The molecule has 0 atom stereocenters. The van der Waals surface area contributed by atoms with Crippen molar-refractivity contribution in [3.05, 3.63) is 23.5 Å². The van der Waals surface area contributed by atoms with Gasteiger partial charge in [0.05, 0.1) is 0 Å². The number of carbonyl (C=O) groups is 1. The summed E-state index contributed by atoms with van der Waals surface area (Å²) in [7, 11) is 0. The highest BCUT2D eigenvalue weighted by Crippen LogP contribution is 2.31. The molecule has 0 saturated heterocycles. The molecule has 0 spiro atoms. The molecule has 0 aromatic carbocycles. The van der Waals surface area contributed by atoms with Crippen molar-refractivity contribution in [1.82, 2.24) is 0 Å². The van der Waals surface area contributed by atoms with E-state index in [0.717, 1.165) is 56.3 Å². The summed E-state index contributed by atoms with van der Waals surface area (Å²) in [4.78, 5) is 11.6. The van der Waals surface area contributed by atoms with Crippen molar-refractivity contribution in [1.29, 1.82) is 5.26 Å². The highest BCUT2D eigenvalue weighted by Gasteiger charge is 2.16. The van der Waals surface area contributed by atoms with Gasteiger partial charge in [-0.25, -0.2) is 0 Å². The van der Waals surface area contributed by atoms with Crippen molar-refractivity contribution < 1.29 is 19.0 Å². The Kier molecular flexibility index (Phi) is 10.4. The van der Waals surface area contributed by atoms with Crippen LogP contribution in [0.2, 0.25) is 0 Å². The van der Waals surface area contributed by atoms with Gasteiger partial charge in [-0.3, -0.25) is 4.79 Å². The summed E-state index contributed by atoms with van der Waals surface area (Å²) in [6.45, 7) is 7.04. The smallest absolute Gasteiger partial charge is 0.305 e. The van der Waals surface area contributed by atoms with Crippen molar-refractivity contribution in [3.8, 4) is 6.26 Å². The number of hydrogen-bond acceptors (Lipinski definition) is 5. The van der Waals surface area contributed by atoms with Crippen LogP contribution < -0.4 is 0 Å². The Bertz CT molecular complexity index is 470. The molecule has 1 aliphatic carbocycles. The highest BCUT2D eigenvalue weighted by molar-refractivity contribution is 5.69. The van der Waals surface area contributed by atoms with E-state index < -0.39 is 0 Å². The van der Waals surface area contributed by atoms with Crippen LogP contribution in [0, 0.1) is 11.5 Å². The van der Waals surface area contributed by atoms with E-state index in [4.69, 9.17) is 14.7 Å². The van der Waals surface area contributed by atoms with Gasteiger partial charge >= 0.3 is 5.97 Å². The van der Waals surface area contributed by atoms with Crippen LogP contribution in [0.1, 0.15) is 64.7 Å². The molecule has 1 saturated carbocycles. The van der Waals surface area contributed by atoms with E-state index in [1.807, 2.05) is 6.92 Å². The van der Waals surface area contributed by atoms with Crippen LogP contribution in [0.25, 0.3) is 0 Å². The normalized spacial score (nSPS) is 12.8. The number of unbranched alkanes of at least 4 members (excludes halogenated alkanes) is 4. The zero-order chi connectivity index (χ0) is 17.6. The zero-order valence-electron chi connectivity index (χ0n) is 14.8. The zero-order valence-corrected chi connectivity index (χ0v) is 14.8. The Labute approximate surface area is 145 Å². The lowest BCUT2D eigenvalue weighted by Gasteiger charge is -2.22. The van der Waals surface area contributed by atoms with Crippen molar-refractivity contribution in [3.63, 3.8) is 0 Å². The standard InChI is InChI=1S/C19H29NO4/c1-16(2)19(17-9-8-10-17)24-14-13-23-18(21)11-6-4-3-5-7-12-22-15-20/h1,3-14H2,2H3. The minimum atomic E-state index is -0.167. The van der Waals surface area contributed by atoms with Gasteiger partial charge in [-0.1, -0.05) is 25.8 Å². The number of carbonyl (C=O) groups excluding carboxylic acids is 1. The van der Waals surface area contributed by atoms with Crippen molar-refractivity contribution >= 4 is 5.97 Å². The van der Waals surface area contributed by atoms with E-state index in [0.29, 0.717) is 19.6 Å². The third-order valence-electron chi connectivity index (χ3n) is 3.95. The van der Waals surface area contributed by atoms with Crippen LogP contribution in [-0.4, -0.2) is 25.8 Å². The summed E-state index contributed by atoms with van der Waals surface area (Å²) in [5, 5.41) is 8.22. The Morgan fingerprint density at radius 2 is 1.75 bits per heavy atom. The van der Waals surface area contributed by atoms with Gasteiger partial charge in [-0.05, 0) is 50.2 Å². The Hall–Kier alpha value is -1.96. The van der Waals surface area contributed by atoms with Crippen molar-refractivity contribution in [2.24, 2.45) is 0 Å². The average molecular weight is 335 g/mol. The summed E-state index contributed by atoms with van der Waals surface area (Å²) in [5.74, 6) is 0.734. The predicted octanol–water partition coefficient (Wildman–Crippen LogP) is 4.40. The second-order valence-corrected chi connectivity index (χ2v) is 6.09. The number of ether oxygens (including phenoxy) is 3. The molecule has 5 heteroatoms. The van der Waals surface area contributed by atoms with Gasteiger partial charge in [0.15, 0.2) is 0 Å². The van der Waals surface area contributed by atoms with E-state index in [2.05, 4.69) is 11.3 Å². The molecule has 0 aliphatic heterocycles. The van der Waals surface area contributed by atoms with E-state index in [1.165, 1.54) is 12.0 Å². The van der Waals surface area contributed by atoms with Gasteiger partial charge in [0.1, 0.15) is 25.6 Å². The predicted molar refractivity (Wildman–Crippen MR) is 91.9 cm³/mol. The molecule has 1 rings (SSSR count). The summed E-state index contributed by atoms with van der Waals surface area (Å²) in [5.41, 5.74) is 2.27. The second kappa shape index (κ2) is 12.5. The third kappa shape index (κ3) is 8.61. The largest absolute Gasteiger partial charge is 0.490 e. The molecule has 0 N–H and O–H groups in total. The molecule has 134 valence electrons. The first-order chi connectivity index (χ1) is 11.6. The van der Waals surface area contributed by atoms with Crippen molar-refractivity contribution in [2.45, 2.75) is 64.7 Å². The lowest BCUT2D eigenvalue weighted by Crippen LogP contribution is -2.12. The number of hydrogen-bond donors (Lipinski definition) is 0. The van der Waals surface area contributed by atoms with Crippen LogP contribution in [0.3, 0.4) is 0 Å². The van der Waals surface area contributed by atoms with Gasteiger partial charge < -0.3 is 14.2 Å². The van der Waals surface area contributed by atoms with Crippen molar-refractivity contribution in [2.75, 3.05) is 19.8 Å². The maximum atomic E-state index is 11.6. The fraction of sp³-hybridized carbons (Fsp3) is 0.684. The van der Waals surface area contributed by atoms with Crippen LogP contribution >= 0.6 is 0 Å². The lowest BCUT2D eigenvalue weighted by molar-refractivity contribution is -0.144. The first-order valence-corrected chi connectivity index (χ1v) is 8.82. The average Bonchev–Trinajstić information content (AvgIpc) is 2.50. The summed E-state index contributed by atoms with van der Waals surface area (Å²) < 4.78 is 15.5. The second-order valence-electron chi connectivity index (χ2n) is 6.09. The molecule has 0 bridgehead atoms. The van der Waals surface area contributed by atoms with Crippen LogP contribution in [0.15, 0.2) is 23.5 Å². The molecule has 0 radical (unpaired) electrons. The number of rotatable bonds is 13. The fourth-order valence-electron chi connectivity index (χ4n) is 2.50. The monoisotopic (exact) mass is 335 g/mol. The lowest BCUT2D eigenvalue weighted by atomic mass is 9.90. The number of nitrogens with zero attached hydrogens (tertiary/aromatic N) is 1. The SMILES string of the molecule is C=C(C)C(OCCOC(=O)CCCCCCCOC#N)=C1CCC1. The number of esters is 1. The minimum Gasteiger partial charge on any atom is -0.490 e.